The number of aryl methyl sites for hydroxylation is 1. The average Bonchev–Trinajstić information content (AvgIpc) is 2.42. The zero-order valence-corrected chi connectivity index (χ0v) is 13.0. The molecule has 2 aromatic carbocycles. The first-order valence-corrected chi connectivity index (χ1v) is 8.12. The molecule has 0 amide bonds. The summed E-state index contributed by atoms with van der Waals surface area (Å²) < 4.78 is 12.4. The third kappa shape index (κ3) is 3.48. The van der Waals surface area contributed by atoms with Gasteiger partial charge in [0.05, 0.1) is 16.6 Å². The second-order valence-corrected chi connectivity index (χ2v) is 6.86. The van der Waals surface area contributed by atoms with Gasteiger partial charge in [0.25, 0.3) is 0 Å². The van der Waals surface area contributed by atoms with Crippen molar-refractivity contribution in [1.82, 2.24) is 0 Å². The summed E-state index contributed by atoms with van der Waals surface area (Å²) >= 11 is 0. The van der Waals surface area contributed by atoms with E-state index < -0.39 is 10.8 Å². The Morgan fingerprint density at radius 2 is 1.75 bits per heavy atom. The summed E-state index contributed by atoms with van der Waals surface area (Å²) in [5.74, 6) is 1.07. The monoisotopic (exact) mass is 287 g/mol. The molecule has 2 nitrogen and oxygen atoms in total. The van der Waals surface area contributed by atoms with Crippen LogP contribution in [-0.2, 0) is 16.6 Å². The molecule has 0 aliphatic rings. The van der Waals surface area contributed by atoms with Gasteiger partial charge in [0.15, 0.2) is 0 Å². The molecule has 2 rings (SSSR count). The molecule has 2 aromatic rings. The van der Waals surface area contributed by atoms with Crippen LogP contribution in [0.2, 0.25) is 0 Å². The number of nitrogens with two attached hydrogens (primary N) is 1. The maximum atomic E-state index is 12.4. The van der Waals surface area contributed by atoms with Crippen molar-refractivity contribution in [2.75, 3.05) is 5.73 Å². The molecule has 1 atom stereocenters. The van der Waals surface area contributed by atoms with E-state index >= 15 is 0 Å². The molecule has 0 aliphatic heterocycles. The average molecular weight is 287 g/mol. The van der Waals surface area contributed by atoms with E-state index in [4.69, 9.17) is 5.73 Å². The van der Waals surface area contributed by atoms with Gasteiger partial charge in [-0.15, -0.1) is 0 Å². The molecule has 2 N–H and O–H groups in total. The van der Waals surface area contributed by atoms with Crippen molar-refractivity contribution < 1.29 is 4.21 Å². The van der Waals surface area contributed by atoms with Crippen LogP contribution >= 0.6 is 0 Å². The van der Waals surface area contributed by atoms with Crippen LogP contribution in [-0.4, -0.2) is 4.21 Å². The maximum Gasteiger partial charge on any atom is 0.0574 e. The van der Waals surface area contributed by atoms with Gasteiger partial charge in [0.2, 0.25) is 0 Å². The van der Waals surface area contributed by atoms with Gasteiger partial charge in [-0.05, 0) is 47.7 Å². The molecule has 0 spiro atoms. The highest BCUT2D eigenvalue weighted by atomic mass is 32.2. The maximum absolute atomic E-state index is 12.4. The predicted octanol–water partition coefficient (Wildman–Crippen LogP) is 4.01. The van der Waals surface area contributed by atoms with E-state index in [2.05, 4.69) is 38.1 Å². The van der Waals surface area contributed by atoms with E-state index in [1.165, 1.54) is 5.56 Å². The van der Waals surface area contributed by atoms with Gasteiger partial charge in [-0.2, -0.15) is 0 Å². The van der Waals surface area contributed by atoms with Crippen LogP contribution in [0.4, 0.5) is 5.69 Å². The van der Waals surface area contributed by atoms with Crippen molar-refractivity contribution in [1.29, 1.82) is 0 Å². The van der Waals surface area contributed by atoms with E-state index in [-0.39, 0.29) is 0 Å². The molecule has 0 heterocycles. The summed E-state index contributed by atoms with van der Waals surface area (Å²) in [6.07, 6.45) is 0. The number of rotatable bonds is 4. The Balaban J connectivity index is 2.12. The molecule has 0 fully saturated rings. The van der Waals surface area contributed by atoms with E-state index in [0.29, 0.717) is 11.7 Å². The van der Waals surface area contributed by atoms with E-state index in [1.54, 1.807) is 0 Å². The molecule has 0 bridgehead atoms. The summed E-state index contributed by atoms with van der Waals surface area (Å²) in [7, 11) is -1.03. The normalized spacial score (nSPS) is 12.6. The van der Waals surface area contributed by atoms with Crippen molar-refractivity contribution in [2.24, 2.45) is 0 Å². The fraction of sp³-hybridized carbons (Fsp3) is 0.294. The lowest BCUT2D eigenvalue weighted by Gasteiger charge is -2.08. The summed E-state index contributed by atoms with van der Waals surface area (Å²) in [5.41, 5.74) is 9.92. The first-order valence-electron chi connectivity index (χ1n) is 6.80. The van der Waals surface area contributed by atoms with Crippen LogP contribution in [0.1, 0.15) is 36.5 Å². The molecular weight excluding hydrogens is 266 g/mol. The van der Waals surface area contributed by atoms with Crippen LogP contribution in [0, 0.1) is 6.92 Å². The fourth-order valence-electron chi connectivity index (χ4n) is 2.02. The Hall–Kier alpha value is -1.61. The molecule has 0 radical (unpaired) electrons. The van der Waals surface area contributed by atoms with Crippen LogP contribution in [0.15, 0.2) is 47.4 Å². The molecule has 20 heavy (non-hydrogen) atoms. The molecule has 1 unspecified atom stereocenters. The number of hydrogen-bond donors (Lipinski definition) is 1. The van der Waals surface area contributed by atoms with Gasteiger partial charge >= 0.3 is 0 Å². The highest BCUT2D eigenvalue weighted by molar-refractivity contribution is 7.84. The molecule has 0 aliphatic carbocycles. The minimum Gasteiger partial charge on any atom is -0.399 e. The van der Waals surface area contributed by atoms with Gasteiger partial charge in [-0.25, -0.2) is 0 Å². The number of anilines is 1. The van der Waals surface area contributed by atoms with Crippen LogP contribution < -0.4 is 5.73 Å². The van der Waals surface area contributed by atoms with Crippen molar-refractivity contribution >= 4 is 16.5 Å². The van der Waals surface area contributed by atoms with Crippen molar-refractivity contribution in [3.05, 3.63) is 59.2 Å². The molecule has 3 heteroatoms. The zero-order valence-electron chi connectivity index (χ0n) is 12.2. The first kappa shape index (κ1) is 14.8. The Morgan fingerprint density at radius 3 is 2.30 bits per heavy atom. The van der Waals surface area contributed by atoms with Crippen LogP contribution in [0.25, 0.3) is 0 Å². The summed E-state index contributed by atoms with van der Waals surface area (Å²) in [6, 6.07) is 13.9. The van der Waals surface area contributed by atoms with Gasteiger partial charge in [0, 0.05) is 10.6 Å². The topological polar surface area (TPSA) is 43.1 Å². The minimum absolute atomic E-state index is 0.522. The van der Waals surface area contributed by atoms with Crippen molar-refractivity contribution in [2.45, 2.75) is 37.3 Å². The lowest BCUT2D eigenvalue weighted by Crippen LogP contribution is -1.99. The fourth-order valence-corrected chi connectivity index (χ4v) is 3.21. The number of hydrogen-bond acceptors (Lipinski definition) is 2. The van der Waals surface area contributed by atoms with E-state index in [1.807, 2.05) is 25.1 Å². The second-order valence-electron chi connectivity index (χ2n) is 5.40. The van der Waals surface area contributed by atoms with Crippen molar-refractivity contribution in [3.63, 3.8) is 0 Å². The minimum atomic E-state index is -1.03. The van der Waals surface area contributed by atoms with Crippen molar-refractivity contribution in [3.8, 4) is 0 Å². The number of nitrogen functional groups attached to an aromatic ring is 1. The Morgan fingerprint density at radius 1 is 1.10 bits per heavy atom. The lowest BCUT2D eigenvalue weighted by molar-refractivity contribution is 0.682. The third-order valence-corrected chi connectivity index (χ3v) is 4.82. The van der Waals surface area contributed by atoms with Crippen LogP contribution in [0.5, 0.6) is 0 Å². The van der Waals surface area contributed by atoms with Gasteiger partial charge in [-0.1, -0.05) is 38.1 Å². The van der Waals surface area contributed by atoms with Gasteiger partial charge < -0.3 is 5.73 Å². The molecule has 106 valence electrons. The molecule has 0 aromatic heterocycles. The van der Waals surface area contributed by atoms with Gasteiger partial charge in [0.1, 0.15) is 0 Å². The summed E-state index contributed by atoms with van der Waals surface area (Å²) in [4.78, 5) is 0.838. The van der Waals surface area contributed by atoms with Gasteiger partial charge in [-0.3, -0.25) is 4.21 Å². The smallest absolute Gasteiger partial charge is 0.0574 e. The number of benzene rings is 2. The summed E-state index contributed by atoms with van der Waals surface area (Å²) in [5, 5.41) is 0. The standard InChI is InChI=1S/C17H21NOS/c1-12(2)15-6-4-14(5-7-15)11-20(19)16-8-9-17(18)13(3)10-16/h4-10,12H,11,18H2,1-3H3. The highest BCUT2D eigenvalue weighted by Crippen LogP contribution is 2.19. The molecule has 0 saturated heterocycles. The van der Waals surface area contributed by atoms with E-state index in [0.717, 1.165) is 21.7 Å². The predicted molar refractivity (Wildman–Crippen MR) is 86.2 cm³/mol. The van der Waals surface area contributed by atoms with Crippen LogP contribution in [0.3, 0.4) is 0 Å². The quantitative estimate of drug-likeness (QED) is 0.863. The first-order chi connectivity index (χ1) is 9.47. The Labute approximate surface area is 123 Å². The zero-order chi connectivity index (χ0) is 14.7. The molecular formula is C17H21NOS. The summed E-state index contributed by atoms with van der Waals surface area (Å²) in [6.45, 7) is 6.28. The molecule has 0 saturated carbocycles. The highest BCUT2D eigenvalue weighted by Gasteiger charge is 2.07. The van der Waals surface area contributed by atoms with E-state index in [9.17, 15) is 4.21 Å². The Kier molecular flexibility index (Phi) is 4.61. The third-order valence-electron chi connectivity index (χ3n) is 3.45. The largest absolute Gasteiger partial charge is 0.399 e. The lowest BCUT2D eigenvalue weighted by atomic mass is 10.0. The second kappa shape index (κ2) is 6.23. The SMILES string of the molecule is Cc1cc(S(=O)Cc2ccc(C(C)C)cc2)ccc1N. The Bertz CT molecular complexity index is 617.